The molecule has 0 unspecified atom stereocenters. The van der Waals surface area contributed by atoms with Crippen LogP contribution in [0.4, 0.5) is 0 Å². The van der Waals surface area contributed by atoms with Gasteiger partial charge in [-0.25, -0.2) is 0 Å². The van der Waals surface area contributed by atoms with Gasteiger partial charge in [0.05, 0.1) is 6.10 Å². The molecule has 0 aliphatic carbocycles. The molecule has 1 fully saturated rings. The molecule has 0 bridgehead atoms. The van der Waals surface area contributed by atoms with Crippen LogP contribution >= 0.6 is 11.3 Å². The van der Waals surface area contributed by atoms with Crippen molar-refractivity contribution in [3.63, 3.8) is 0 Å². The van der Waals surface area contributed by atoms with Crippen LogP contribution in [0.2, 0.25) is 0 Å². The highest BCUT2D eigenvalue weighted by Crippen LogP contribution is 2.24. The lowest BCUT2D eigenvalue weighted by Gasteiger charge is -2.19. The van der Waals surface area contributed by atoms with E-state index in [1.807, 2.05) is 11.3 Å². The maximum absolute atomic E-state index is 11.8. The predicted octanol–water partition coefficient (Wildman–Crippen LogP) is 2.34. The van der Waals surface area contributed by atoms with Crippen molar-refractivity contribution in [2.75, 3.05) is 20.6 Å². The number of carbonyl (C=O) groups excluding carboxylic acids is 1. The minimum Gasteiger partial charge on any atom is -0.364 e. The van der Waals surface area contributed by atoms with Gasteiger partial charge >= 0.3 is 0 Å². The molecule has 0 aromatic carbocycles. The molecule has 1 amide bonds. The van der Waals surface area contributed by atoms with Gasteiger partial charge in [-0.15, -0.1) is 11.3 Å². The number of hydrogen-bond acceptors (Lipinski definition) is 4. The summed E-state index contributed by atoms with van der Waals surface area (Å²) in [4.78, 5) is 16.1. The number of likely N-dealkylation sites (N-methyl/N-ethyl adjacent to an activating group) is 1. The number of hydrogen-bond donors (Lipinski definition) is 1. The van der Waals surface area contributed by atoms with Crippen molar-refractivity contribution in [2.24, 2.45) is 0 Å². The first-order valence-corrected chi connectivity index (χ1v) is 7.95. The molecular formula is C15H24N2O2S. The zero-order valence-electron chi connectivity index (χ0n) is 12.7. The zero-order chi connectivity index (χ0) is 14.7. The van der Waals surface area contributed by atoms with Crippen LogP contribution in [-0.4, -0.2) is 43.7 Å². The summed E-state index contributed by atoms with van der Waals surface area (Å²) in [5, 5.41) is 3.50. The van der Waals surface area contributed by atoms with E-state index in [-0.39, 0.29) is 18.1 Å². The van der Waals surface area contributed by atoms with Crippen LogP contribution in [0, 0.1) is 6.92 Å². The minimum atomic E-state index is -0.254. The summed E-state index contributed by atoms with van der Waals surface area (Å²) >= 11 is 1.82. The highest BCUT2D eigenvalue weighted by Gasteiger charge is 2.31. The van der Waals surface area contributed by atoms with Crippen LogP contribution in [0.15, 0.2) is 12.1 Å². The molecule has 0 radical (unpaired) electrons. The number of carbonyl (C=O) groups is 1. The molecule has 1 aliphatic heterocycles. The number of ether oxygens (including phenoxy) is 1. The number of nitrogens with one attached hydrogen (secondary N) is 1. The Labute approximate surface area is 125 Å². The molecule has 112 valence electrons. The van der Waals surface area contributed by atoms with E-state index < -0.39 is 0 Å². The van der Waals surface area contributed by atoms with Crippen molar-refractivity contribution in [3.05, 3.63) is 21.9 Å². The first kappa shape index (κ1) is 15.5. The molecule has 2 heterocycles. The molecule has 3 atom stereocenters. The highest BCUT2D eigenvalue weighted by molar-refractivity contribution is 7.12. The van der Waals surface area contributed by atoms with Gasteiger partial charge in [0.2, 0.25) is 0 Å². The molecule has 2 rings (SSSR count). The highest BCUT2D eigenvalue weighted by atomic mass is 32.1. The van der Waals surface area contributed by atoms with Crippen LogP contribution in [0.3, 0.4) is 0 Å². The standard InChI is InChI=1S/C15H24N2O2S/c1-10-5-8-14(20-10)11(2)16-9-12-6-7-13(19-12)15(18)17(3)4/h5,8,11-13,16H,6-7,9H2,1-4H3/t11-,12+,13-/m0/s1. The molecule has 20 heavy (non-hydrogen) atoms. The van der Waals surface area contributed by atoms with E-state index in [4.69, 9.17) is 4.74 Å². The number of thiophene rings is 1. The van der Waals surface area contributed by atoms with Crippen LogP contribution in [-0.2, 0) is 9.53 Å². The lowest BCUT2D eigenvalue weighted by molar-refractivity contribution is -0.140. The maximum Gasteiger partial charge on any atom is 0.251 e. The van der Waals surface area contributed by atoms with E-state index in [0.29, 0.717) is 6.04 Å². The Kier molecular flexibility index (Phi) is 5.18. The van der Waals surface area contributed by atoms with Gasteiger partial charge in [0, 0.05) is 36.4 Å². The third-order valence-electron chi connectivity index (χ3n) is 3.66. The Morgan fingerprint density at radius 3 is 2.85 bits per heavy atom. The SMILES string of the molecule is Cc1ccc([C@H](C)NC[C@H]2CC[C@@H](C(=O)N(C)C)O2)s1. The zero-order valence-corrected chi connectivity index (χ0v) is 13.5. The molecule has 1 aromatic rings. The molecule has 1 aromatic heterocycles. The number of aryl methyl sites for hydroxylation is 1. The summed E-state index contributed by atoms with van der Waals surface area (Å²) in [7, 11) is 3.55. The Balaban J connectivity index is 1.77. The maximum atomic E-state index is 11.8. The minimum absolute atomic E-state index is 0.0782. The fourth-order valence-electron chi connectivity index (χ4n) is 2.42. The number of rotatable bonds is 5. The van der Waals surface area contributed by atoms with Gasteiger partial charge < -0.3 is 15.0 Å². The summed E-state index contributed by atoms with van der Waals surface area (Å²) in [6.07, 6.45) is 1.67. The van der Waals surface area contributed by atoms with E-state index in [1.54, 1.807) is 19.0 Å². The van der Waals surface area contributed by atoms with Crippen molar-refractivity contribution in [1.29, 1.82) is 0 Å². The topological polar surface area (TPSA) is 41.6 Å². The monoisotopic (exact) mass is 296 g/mol. The van der Waals surface area contributed by atoms with Crippen molar-refractivity contribution >= 4 is 17.2 Å². The van der Waals surface area contributed by atoms with Crippen molar-refractivity contribution < 1.29 is 9.53 Å². The van der Waals surface area contributed by atoms with Crippen LogP contribution in [0.25, 0.3) is 0 Å². The van der Waals surface area contributed by atoms with Crippen LogP contribution in [0.5, 0.6) is 0 Å². The van der Waals surface area contributed by atoms with Gasteiger partial charge in [-0.2, -0.15) is 0 Å². The Morgan fingerprint density at radius 2 is 2.25 bits per heavy atom. The average molecular weight is 296 g/mol. The Morgan fingerprint density at radius 1 is 1.50 bits per heavy atom. The molecule has 1 saturated heterocycles. The van der Waals surface area contributed by atoms with E-state index in [0.717, 1.165) is 19.4 Å². The smallest absolute Gasteiger partial charge is 0.251 e. The second kappa shape index (κ2) is 6.70. The van der Waals surface area contributed by atoms with Crippen LogP contribution < -0.4 is 5.32 Å². The summed E-state index contributed by atoms with van der Waals surface area (Å²) < 4.78 is 5.83. The van der Waals surface area contributed by atoms with Crippen LogP contribution in [0.1, 0.15) is 35.6 Å². The van der Waals surface area contributed by atoms with E-state index in [1.165, 1.54) is 9.75 Å². The first-order chi connectivity index (χ1) is 9.47. The molecule has 5 heteroatoms. The largest absolute Gasteiger partial charge is 0.364 e. The molecule has 1 N–H and O–H groups in total. The molecule has 4 nitrogen and oxygen atoms in total. The molecular weight excluding hydrogens is 272 g/mol. The third-order valence-corrected chi connectivity index (χ3v) is 4.85. The predicted molar refractivity (Wildman–Crippen MR) is 82.1 cm³/mol. The summed E-state index contributed by atoms with van der Waals surface area (Å²) in [6, 6.07) is 4.66. The fourth-order valence-corrected chi connectivity index (χ4v) is 3.32. The lowest BCUT2D eigenvalue weighted by atomic mass is 10.1. The fraction of sp³-hybridized carbons (Fsp3) is 0.667. The lowest BCUT2D eigenvalue weighted by Crippen LogP contribution is -2.35. The second-order valence-corrected chi connectivity index (χ2v) is 6.95. The Bertz CT molecular complexity index is 458. The summed E-state index contributed by atoms with van der Waals surface area (Å²) in [5.74, 6) is 0.0782. The first-order valence-electron chi connectivity index (χ1n) is 7.13. The van der Waals surface area contributed by atoms with Gasteiger partial charge in [0.25, 0.3) is 5.91 Å². The second-order valence-electron chi connectivity index (χ2n) is 5.64. The summed E-state index contributed by atoms with van der Waals surface area (Å²) in [5.41, 5.74) is 0. The molecule has 0 saturated carbocycles. The molecule has 1 aliphatic rings. The molecule has 0 spiro atoms. The third kappa shape index (κ3) is 3.81. The average Bonchev–Trinajstić information content (AvgIpc) is 3.03. The summed E-state index contributed by atoms with van der Waals surface area (Å²) in [6.45, 7) is 5.09. The van der Waals surface area contributed by atoms with E-state index >= 15 is 0 Å². The van der Waals surface area contributed by atoms with E-state index in [2.05, 4.69) is 31.3 Å². The number of nitrogens with zero attached hydrogens (tertiary/aromatic N) is 1. The quantitative estimate of drug-likeness (QED) is 0.907. The van der Waals surface area contributed by atoms with E-state index in [9.17, 15) is 4.79 Å². The van der Waals surface area contributed by atoms with Crippen molar-refractivity contribution in [1.82, 2.24) is 10.2 Å². The normalized spacial score (nSPS) is 23.8. The van der Waals surface area contributed by atoms with Gasteiger partial charge in [-0.1, -0.05) is 0 Å². The van der Waals surface area contributed by atoms with Gasteiger partial charge in [-0.3, -0.25) is 4.79 Å². The van der Waals surface area contributed by atoms with Gasteiger partial charge in [-0.05, 0) is 38.8 Å². The van der Waals surface area contributed by atoms with Crippen molar-refractivity contribution in [3.8, 4) is 0 Å². The van der Waals surface area contributed by atoms with Gasteiger partial charge in [0.1, 0.15) is 6.10 Å². The van der Waals surface area contributed by atoms with Crippen molar-refractivity contribution in [2.45, 2.75) is 44.9 Å². The number of amides is 1. The Hall–Kier alpha value is -0.910. The van der Waals surface area contributed by atoms with Gasteiger partial charge in [0.15, 0.2) is 0 Å².